The molecule has 0 saturated heterocycles. The van der Waals surface area contributed by atoms with E-state index in [1.807, 2.05) is 0 Å². The first kappa shape index (κ1) is 9.49. The molecule has 0 aromatic carbocycles. The molecule has 0 aliphatic heterocycles. The Balaban J connectivity index is 2.21. The lowest BCUT2D eigenvalue weighted by Crippen LogP contribution is -2.05. The van der Waals surface area contributed by atoms with Gasteiger partial charge in [0.2, 0.25) is 0 Å². The molecule has 1 rings (SSSR count). The molecule has 66 valence electrons. The summed E-state index contributed by atoms with van der Waals surface area (Å²) in [5.41, 5.74) is 1.32. The first-order valence-electron chi connectivity index (χ1n) is 4.13. The highest BCUT2D eigenvalue weighted by molar-refractivity contribution is 7.07. The lowest BCUT2D eigenvalue weighted by molar-refractivity contribution is 0.168. The molecule has 1 heterocycles. The Morgan fingerprint density at radius 1 is 1.67 bits per heavy atom. The third kappa shape index (κ3) is 3.20. The number of rotatable bonds is 5. The molecule has 1 nitrogen and oxygen atoms in total. The molecule has 1 atom stereocenters. The Bertz CT molecular complexity index is 216. The van der Waals surface area contributed by atoms with Gasteiger partial charge in [-0.25, -0.2) is 0 Å². The van der Waals surface area contributed by atoms with E-state index in [1.165, 1.54) is 5.56 Å². The number of aliphatic hydroxyl groups excluding tert-OH is 1. The van der Waals surface area contributed by atoms with Gasteiger partial charge >= 0.3 is 0 Å². The van der Waals surface area contributed by atoms with Gasteiger partial charge < -0.3 is 5.11 Å². The van der Waals surface area contributed by atoms with Crippen molar-refractivity contribution in [3.05, 3.63) is 35.0 Å². The summed E-state index contributed by atoms with van der Waals surface area (Å²) in [5.74, 6) is 0. The standard InChI is InChI=1S/C10H14OS/c1-2-3-10(11)5-4-9-6-7-12-8-9/h2,6-8,10-11H,1,3-5H2/t10-/m1/s1. The minimum atomic E-state index is -0.220. The molecule has 0 aliphatic carbocycles. The summed E-state index contributed by atoms with van der Waals surface area (Å²) in [6.45, 7) is 3.59. The molecule has 0 amide bonds. The van der Waals surface area contributed by atoms with Gasteiger partial charge in [-0.3, -0.25) is 0 Å². The van der Waals surface area contributed by atoms with Crippen LogP contribution in [-0.2, 0) is 6.42 Å². The monoisotopic (exact) mass is 182 g/mol. The summed E-state index contributed by atoms with van der Waals surface area (Å²) in [5, 5.41) is 13.6. The van der Waals surface area contributed by atoms with Gasteiger partial charge in [-0.2, -0.15) is 11.3 Å². The van der Waals surface area contributed by atoms with Crippen LogP contribution in [0.3, 0.4) is 0 Å². The van der Waals surface area contributed by atoms with E-state index in [0.29, 0.717) is 6.42 Å². The van der Waals surface area contributed by atoms with Crippen molar-refractivity contribution in [2.24, 2.45) is 0 Å². The summed E-state index contributed by atoms with van der Waals surface area (Å²) in [6, 6.07) is 2.10. The summed E-state index contributed by atoms with van der Waals surface area (Å²) >= 11 is 1.70. The maximum Gasteiger partial charge on any atom is 0.0577 e. The van der Waals surface area contributed by atoms with Crippen molar-refractivity contribution in [2.75, 3.05) is 0 Å². The van der Waals surface area contributed by atoms with Crippen LogP contribution in [0.1, 0.15) is 18.4 Å². The molecule has 0 unspecified atom stereocenters. The van der Waals surface area contributed by atoms with E-state index in [-0.39, 0.29) is 6.10 Å². The minimum Gasteiger partial charge on any atom is -0.393 e. The number of hydrogen-bond acceptors (Lipinski definition) is 2. The lowest BCUT2D eigenvalue weighted by Gasteiger charge is -2.05. The van der Waals surface area contributed by atoms with Crippen molar-refractivity contribution in [1.82, 2.24) is 0 Å². The Kier molecular flexibility index (Phi) is 4.05. The number of hydrogen-bond donors (Lipinski definition) is 1. The molecular weight excluding hydrogens is 168 g/mol. The summed E-state index contributed by atoms with van der Waals surface area (Å²) in [6.07, 6.45) is 4.05. The number of aryl methyl sites for hydroxylation is 1. The van der Waals surface area contributed by atoms with E-state index < -0.39 is 0 Å². The summed E-state index contributed by atoms with van der Waals surface area (Å²) < 4.78 is 0. The van der Waals surface area contributed by atoms with Gasteiger partial charge in [-0.15, -0.1) is 6.58 Å². The fourth-order valence-electron chi connectivity index (χ4n) is 1.08. The van der Waals surface area contributed by atoms with Crippen LogP contribution in [0.5, 0.6) is 0 Å². The van der Waals surface area contributed by atoms with Crippen molar-refractivity contribution < 1.29 is 5.11 Å². The summed E-state index contributed by atoms with van der Waals surface area (Å²) in [7, 11) is 0. The third-order valence-electron chi connectivity index (χ3n) is 1.79. The zero-order valence-corrected chi connectivity index (χ0v) is 7.89. The van der Waals surface area contributed by atoms with Gasteiger partial charge in [-0.1, -0.05) is 6.08 Å². The first-order valence-corrected chi connectivity index (χ1v) is 5.07. The van der Waals surface area contributed by atoms with E-state index in [9.17, 15) is 5.11 Å². The molecule has 2 heteroatoms. The van der Waals surface area contributed by atoms with Crippen LogP contribution in [0, 0.1) is 0 Å². The topological polar surface area (TPSA) is 20.2 Å². The molecule has 0 fully saturated rings. The van der Waals surface area contributed by atoms with Crippen LogP contribution >= 0.6 is 11.3 Å². The van der Waals surface area contributed by atoms with Crippen molar-refractivity contribution >= 4 is 11.3 Å². The molecular formula is C10H14OS. The van der Waals surface area contributed by atoms with Gasteiger partial charge in [0.05, 0.1) is 6.10 Å². The van der Waals surface area contributed by atoms with E-state index in [0.717, 1.165) is 12.8 Å². The van der Waals surface area contributed by atoms with Gasteiger partial charge in [0.15, 0.2) is 0 Å². The Morgan fingerprint density at radius 3 is 3.08 bits per heavy atom. The second kappa shape index (κ2) is 5.12. The minimum absolute atomic E-state index is 0.220. The van der Waals surface area contributed by atoms with Crippen LogP contribution in [0.4, 0.5) is 0 Å². The molecule has 0 bridgehead atoms. The SMILES string of the molecule is C=CC[C@@H](O)CCc1ccsc1. The van der Waals surface area contributed by atoms with Gasteiger partial charge in [0.1, 0.15) is 0 Å². The molecule has 1 aromatic heterocycles. The van der Waals surface area contributed by atoms with Crippen molar-refractivity contribution in [1.29, 1.82) is 0 Å². The number of thiophene rings is 1. The number of aliphatic hydroxyl groups is 1. The fourth-order valence-corrected chi connectivity index (χ4v) is 1.78. The fraction of sp³-hybridized carbons (Fsp3) is 0.400. The normalized spacial score (nSPS) is 12.8. The average Bonchev–Trinajstić information content (AvgIpc) is 2.53. The second-order valence-corrected chi connectivity index (χ2v) is 3.63. The lowest BCUT2D eigenvalue weighted by atomic mass is 10.1. The zero-order valence-electron chi connectivity index (χ0n) is 7.07. The van der Waals surface area contributed by atoms with Crippen molar-refractivity contribution in [2.45, 2.75) is 25.4 Å². The summed E-state index contributed by atoms with van der Waals surface area (Å²) in [4.78, 5) is 0. The van der Waals surface area contributed by atoms with E-state index >= 15 is 0 Å². The maximum atomic E-state index is 9.38. The van der Waals surface area contributed by atoms with Crippen LogP contribution in [0.15, 0.2) is 29.5 Å². The van der Waals surface area contributed by atoms with E-state index in [1.54, 1.807) is 17.4 Å². The van der Waals surface area contributed by atoms with E-state index in [4.69, 9.17) is 0 Å². The van der Waals surface area contributed by atoms with Crippen LogP contribution < -0.4 is 0 Å². The predicted octanol–water partition coefficient (Wildman–Crippen LogP) is 2.62. The van der Waals surface area contributed by atoms with Crippen LogP contribution in [0.25, 0.3) is 0 Å². The van der Waals surface area contributed by atoms with Crippen LogP contribution in [-0.4, -0.2) is 11.2 Å². The first-order chi connectivity index (χ1) is 5.83. The van der Waals surface area contributed by atoms with Gasteiger partial charge in [-0.05, 0) is 41.7 Å². The second-order valence-electron chi connectivity index (χ2n) is 2.85. The highest BCUT2D eigenvalue weighted by Crippen LogP contribution is 2.10. The molecule has 1 N–H and O–H groups in total. The zero-order chi connectivity index (χ0) is 8.81. The highest BCUT2D eigenvalue weighted by atomic mass is 32.1. The third-order valence-corrected chi connectivity index (χ3v) is 2.52. The van der Waals surface area contributed by atoms with Crippen molar-refractivity contribution in [3.63, 3.8) is 0 Å². The molecule has 0 spiro atoms. The average molecular weight is 182 g/mol. The highest BCUT2D eigenvalue weighted by Gasteiger charge is 2.01. The molecule has 0 aliphatic rings. The van der Waals surface area contributed by atoms with Crippen molar-refractivity contribution in [3.8, 4) is 0 Å². The largest absolute Gasteiger partial charge is 0.393 e. The Hall–Kier alpha value is -0.600. The Morgan fingerprint density at radius 2 is 2.50 bits per heavy atom. The molecule has 1 aromatic rings. The molecule has 0 saturated carbocycles. The Labute approximate surface area is 77.4 Å². The van der Waals surface area contributed by atoms with Gasteiger partial charge in [0, 0.05) is 0 Å². The van der Waals surface area contributed by atoms with Gasteiger partial charge in [0.25, 0.3) is 0 Å². The quantitative estimate of drug-likeness (QED) is 0.694. The van der Waals surface area contributed by atoms with E-state index in [2.05, 4.69) is 23.4 Å². The molecule has 12 heavy (non-hydrogen) atoms. The predicted molar refractivity (Wildman–Crippen MR) is 53.5 cm³/mol. The smallest absolute Gasteiger partial charge is 0.0577 e. The maximum absolute atomic E-state index is 9.38. The van der Waals surface area contributed by atoms with Crippen LogP contribution in [0.2, 0.25) is 0 Å². The molecule has 0 radical (unpaired) electrons.